The van der Waals surface area contributed by atoms with E-state index in [0.29, 0.717) is 16.1 Å². The number of carbonyl (C=O) groups is 1. The van der Waals surface area contributed by atoms with Crippen molar-refractivity contribution in [3.63, 3.8) is 0 Å². The molecule has 0 saturated heterocycles. The van der Waals surface area contributed by atoms with E-state index >= 15 is 0 Å². The molecule has 3 aromatic carbocycles. The lowest BCUT2D eigenvalue weighted by Crippen LogP contribution is -2.01. The van der Waals surface area contributed by atoms with Gasteiger partial charge in [0.1, 0.15) is 0 Å². The van der Waals surface area contributed by atoms with Crippen molar-refractivity contribution in [2.24, 2.45) is 0 Å². The van der Waals surface area contributed by atoms with Gasteiger partial charge in [0.05, 0.1) is 0 Å². The molecule has 19 heavy (non-hydrogen) atoms. The van der Waals surface area contributed by atoms with Crippen LogP contribution in [0.1, 0.15) is 15.9 Å². The third kappa shape index (κ3) is 2.13. The molecule has 0 aliphatic carbocycles. The van der Waals surface area contributed by atoms with Crippen LogP contribution in [0.5, 0.6) is 0 Å². The van der Waals surface area contributed by atoms with Crippen LogP contribution in [0.15, 0.2) is 66.7 Å². The molecule has 0 aliphatic heterocycles. The number of hydrogen-bond acceptors (Lipinski definition) is 1. The number of fused-ring (bicyclic) bond motifs is 1. The van der Waals surface area contributed by atoms with Gasteiger partial charge in [0.15, 0.2) is 5.78 Å². The van der Waals surface area contributed by atoms with Crippen molar-refractivity contribution in [2.45, 2.75) is 0 Å². The molecule has 3 rings (SSSR count). The van der Waals surface area contributed by atoms with Crippen LogP contribution in [0.3, 0.4) is 0 Å². The Bertz CT molecular complexity index is 748. The van der Waals surface area contributed by atoms with Crippen LogP contribution >= 0.6 is 11.6 Å². The summed E-state index contributed by atoms with van der Waals surface area (Å²) in [6, 6.07) is 20.5. The minimum Gasteiger partial charge on any atom is -0.289 e. The summed E-state index contributed by atoms with van der Waals surface area (Å²) in [6.45, 7) is 0. The van der Waals surface area contributed by atoms with Crippen LogP contribution in [-0.2, 0) is 0 Å². The van der Waals surface area contributed by atoms with Crippen molar-refractivity contribution in [3.8, 4) is 0 Å². The zero-order chi connectivity index (χ0) is 13.2. The van der Waals surface area contributed by atoms with Gasteiger partial charge in [0.25, 0.3) is 0 Å². The molecule has 0 bridgehead atoms. The molecular weight excluding hydrogens is 256 g/mol. The smallest absolute Gasteiger partial charge is 0.193 e. The molecule has 0 N–H and O–H groups in total. The summed E-state index contributed by atoms with van der Waals surface area (Å²) in [5.41, 5.74) is 1.38. The highest BCUT2D eigenvalue weighted by Crippen LogP contribution is 2.27. The molecule has 0 fully saturated rings. The van der Waals surface area contributed by atoms with E-state index in [-0.39, 0.29) is 5.78 Å². The second kappa shape index (κ2) is 4.87. The molecule has 1 nitrogen and oxygen atoms in total. The monoisotopic (exact) mass is 266 g/mol. The fourth-order valence-corrected chi connectivity index (χ4v) is 2.43. The lowest BCUT2D eigenvalue weighted by atomic mass is 9.97. The summed E-state index contributed by atoms with van der Waals surface area (Å²) in [4.78, 5) is 12.5. The number of ketones is 1. The standard InChI is InChI=1S/C17H11ClO/c18-16-11-10-15(13-8-4-5-9-14(13)16)17(19)12-6-2-1-3-7-12/h1-11H. The van der Waals surface area contributed by atoms with Crippen LogP contribution in [-0.4, -0.2) is 5.78 Å². The van der Waals surface area contributed by atoms with Gasteiger partial charge in [-0.2, -0.15) is 0 Å². The molecule has 0 amide bonds. The van der Waals surface area contributed by atoms with E-state index in [0.717, 1.165) is 10.8 Å². The average molecular weight is 267 g/mol. The van der Waals surface area contributed by atoms with E-state index in [1.54, 1.807) is 12.1 Å². The zero-order valence-electron chi connectivity index (χ0n) is 10.1. The first-order valence-electron chi connectivity index (χ1n) is 6.04. The maximum atomic E-state index is 12.5. The first-order chi connectivity index (χ1) is 9.27. The van der Waals surface area contributed by atoms with Gasteiger partial charge in [-0.1, -0.05) is 66.2 Å². The predicted molar refractivity (Wildman–Crippen MR) is 78.8 cm³/mol. The maximum absolute atomic E-state index is 12.5. The zero-order valence-corrected chi connectivity index (χ0v) is 10.9. The fourth-order valence-electron chi connectivity index (χ4n) is 2.21. The molecule has 0 radical (unpaired) electrons. The van der Waals surface area contributed by atoms with Crippen molar-refractivity contribution in [3.05, 3.63) is 82.9 Å². The van der Waals surface area contributed by atoms with Gasteiger partial charge in [-0.3, -0.25) is 4.79 Å². The van der Waals surface area contributed by atoms with Crippen LogP contribution in [0.4, 0.5) is 0 Å². The highest BCUT2D eigenvalue weighted by molar-refractivity contribution is 6.36. The quantitative estimate of drug-likeness (QED) is 0.613. The number of benzene rings is 3. The van der Waals surface area contributed by atoms with Gasteiger partial charge in [0, 0.05) is 21.5 Å². The second-order valence-electron chi connectivity index (χ2n) is 4.34. The number of carbonyl (C=O) groups excluding carboxylic acids is 1. The molecule has 0 saturated carbocycles. The number of halogens is 1. The van der Waals surface area contributed by atoms with Gasteiger partial charge >= 0.3 is 0 Å². The molecule has 0 aliphatic rings. The Balaban J connectivity index is 2.22. The summed E-state index contributed by atoms with van der Waals surface area (Å²) in [7, 11) is 0. The van der Waals surface area contributed by atoms with Crippen LogP contribution in [0.25, 0.3) is 10.8 Å². The van der Waals surface area contributed by atoms with Gasteiger partial charge in [-0.25, -0.2) is 0 Å². The molecular formula is C17H11ClO. The fraction of sp³-hybridized carbons (Fsp3) is 0. The Morgan fingerprint density at radius 1 is 0.737 bits per heavy atom. The first kappa shape index (κ1) is 11.9. The molecule has 0 spiro atoms. The molecule has 0 heterocycles. The van der Waals surface area contributed by atoms with Crippen molar-refractivity contribution in [1.29, 1.82) is 0 Å². The number of hydrogen-bond donors (Lipinski definition) is 0. The second-order valence-corrected chi connectivity index (χ2v) is 4.74. The Morgan fingerprint density at radius 3 is 2.11 bits per heavy atom. The largest absolute Gasteiger partial charge is 0.289 e. The summed E-state index contributed by atoms with van der Waals surface area (Å²) in [6.07, 6.45) is 0. The van der Waals surface area contributed by atoms with Gasteiger partial charge in [0.2, 0.25) is 0 Å². The van der Waals surface area contributed by atoms with Crippen molar-refractivity contribution >= 4 is 28.2 Å². The predicted octanol–water partition coefficient (Wildman–Crippen LogP) is 4.72. The summed E-state index contributed by atoms with van der Waals surface area (Å²) >= 11 is 6.17. The van der Waals surface area contributed by atoms with Crippen molar-refractivity contribution in [1.82, 2.24) is 0 Å². The van der Waals surface area contributed by atoms with Gasteiger partial charge in [-0.15, -0.1) is 0 Å². The van der Waals surface area contributed by atoms with Crippen LogP contribution in [0, 0.1) is 0 Å². The Labute approximate surface area is 116 Å². The average Bonchev–Trinajstić information content (AvgIpc) is 2.48. The first-order valence-corrected chi connectivity index (χ1v) is 6.42. The highest BCUT2D eigenvalue weighted by atomic mass is 35.5. The van der Waals surface area contributed by atoms with E-state index in [1.807, 2.05) is 54.6 Å². The van der Waals surface area contributed by atoms with E-state index in [2.05, 4.69) is 0 Å². The van der Waals surface area contributed by atoms with Crippen LogP contribution < -0.4 is 0 Å². The SMILES string of the molecule is O=C(c1ccccc1)c1ccc(Cl)c2ccccc12. The third-order valence-electron chi connectivity index (χ3n) is 3.15. The van der Waals surface area contributed by atoms with E-state index in [9.17, 15) is 4.79 Å². The van der Waals surface area contributed by atoms with Crippen molar-refractivity contribution < 1.29 is 4.79 Å². The van der Waals surface area contributed by atoms with Gasteiger partial charge < -0.3 is 0 Å². The summed E-state index contributed by atoms with van der Waals surface area (Å²) < 4.78 is 0. The lowest BCUT2D eigenvalue weighted by molar-refractivity contribution is 0.104. The van der Waals surface area contributed by atoms with Crippen LogP contribution in [0.2, 0.25) is 5.02 Å². The van der Waals surface area contributed by atoms with Crippen molar-refractivity contribution in [2.75, 3.05) is 0 Å². The molecule has 3 aromatic rings. The lowest BCUT2D eigenvalue weighted by Gasteiger charge is -2.07. The molecule has 0 atom stereocenters. The molecule has 0 unspecified atom stereocenters. The normalized spacial score (nSPS) is 10.6. The summed E-state index contributed by atoms with van der Waals surface area (Å²) in [5, 5.41) is 2.47. The third-order valence-corrected chi connectivity index (χ3v) is 3.48. The molecule has 0 aromatic heterocycles. The van der Waals surface area contributed by atoms with E-state index < -0.39 is 0 Å². The minimum atomic E-state index is 0.0217. The Kier molecular flexibility index (Phi) is 3.06. The topological polar surface area (TPSA) is 17.1 Å². The maximum Gasteiger partial charge on any atom is 0.193 e. The van der Waals surface area contributed by atoms with Gasteiger partial charge in [-0.05, 0) is 17.5 Å². The summed E-state index contributed by atoms with van der Waals surface area (Å²) in [5.74, 6) is 0.0217. The Hall–Kier alpha value is -2.12. The van der Waals surface area contributed by atoms with E-state index in [4.69, 9.17) is 11.6 Å². The van der Waals surface area contributed by atoms with E-state index in [1.165, 1.54) is 0 Å². The minimum absolute atomic E-state index is 0.0217. The Morgan fingerprint density at radius 2 is 1.37 bits per heavy atom. The molecule has 2 heteroatoms. The molecule has 92 valence electrons. The number of rotatable bonds is 2. The highest BCUT2D eigenvalue weighted by Gasteiger charge is 2.13.